The minimum atomic E-state index is 0.312. The number of ketones is 1. The van der Waals surface area contributed by atoms with Crippen molar-refractivity contribution >= 4 is 5.78 Å². The van der Waals surface area contributed by atoms with E-state index in [1.807, 2.05) is 0 Å². The van der Waals surface area contributed by atoms with Crippen LogP contribution in [-0.4, -0.2) is 5.78 Å². The largest absolute Gasteiger partial charge is 0.300 e. The molecular formula is C11H18O. The molecule has 0 aromatic heterocycles. The van der Waals surface area contributed by atoms with Crippen molar-refractivity contribution in [1.82, 2.24) is 0 Å². The zero-order valence-electron chi connectivity index (χ0n) is 8.31. The molecule has 0 aromatic carbocycles. The van der Waals surface area contributed by atoms with Gasteiger partial charge in [-0.2, -0.15) is 0 Å². The fourth-order valence-corrected chi connectivity index (χ4v) is 3.12. The van der Waals surface area contributed by atoms with Crippen LogP contribution < -0.4 is 0 Å². The van der Waals surface area contributed by atoms with E-state index in [9.17, 15) is 4.79 Å². The summed E-state index contributed by atoms with van der Waals surface area (Å²) in [5, 5.41) is 0. The summed E-state index contributed by atoms with van der Waals surface area (Å²) in [6.45, 7) is 6.98. The Morgan fingerprint density at radius 2 is 2.00 bits per heavy atom. The summed E-state index contributed by atoms with van der Waals surface area (Å²) < 4.78 is 0. The molecule has 0 aliphatic heterocycles. The van der Waals surface area contributed by atoms with E-state index in [0.717, 1.165) is 12.8 Å². The number of carbonyl (C=O) groups excluding carboxylic acids is 1. The SMILES string of the molecule is CC1(C)[C@H]2CC[C@]1(C)CC(=O)C2. The summed E-state index contributed by atoms with van der Waals surface area (Å²) in [6, 6.07) is 0. The van der Waals surface area contributed by atoms with Crippen molar-refractivity contribution in [3.63, 3.8) is 0 Å². The molecule has 0 unspecified atom stereocenters. The molecule has 0 spiro atoms. The third-order valence-electron chi connectivity index (χ3n) is 4.68. The van der Waals surface area contributed by atoms with E-state index in [-0.39, 0.29) is 0 Å². The standard InChI is InChI=1S/C11H18O/c1-10(2)8-4-5-11(10,3)7-9(12)6-8/h8H,4-7H2,1-3H3/t8-,11+/m0/s1. The van der Waals surface area contributed by atoms with Crippen LogP contribution >= 0.6 is 0 Å². The molecule has 68 valence electrons. The van der Waals surface area contributed by atoms with Crippen molar-refractivity contribution in [2.24, 2.45) is 16.7 Å². The number of carbonyl (C=O) groups is 1. The third kappa shape index (κ3) is 0.826. The fraction of sp³-hybridized carbons (Fsp3) is 0.909. The van der Waals surface area contributed by atoms with Crippen LogP contribution in [0.15, 0.2) is 0 Å². The minimum Gasteiger partial charge on any atom is -0.300 e. The Kier molecular flexibility index (Phi) is 1.47. The number of hydrogen-bond donors (Lipinski definition) is 0. The van der Waals surface area contributed by atoms with Gasteiger partial charge in [-0.25, -0.2) is 0 Å². The molecule has 0 amide bonds. The van der Waals surface area contributed by atoms with Gasteiger partial charge in [0.1, 0.15) is 5.78 Å². The van der Waals surface area contributed by atoms with Crippen molar-refractivity contribution < 1.29 is 4.79 Å². The number of fused-ring (bicyclic) bond motifs is 2. The lowest BCUT2D eigenvalue weighted by Gasteiger charge is -2.45. The average Bonchev–Trinajstić information content (AvgIpc) is 2.16. The molecule has 0 radical (unpaired) electrons. The van der Waals surface area contributed by atoms with Crippen LogP contribution in [0.25, 0.3) is 0 Å². The van der Waals surface area contributed by atoms with Crippen molar-refractivity contribution in [2.45, 2.75) is 46.5 Å². The van der Waals surface area contributed by atoms with Crippen LogP contribution in [0, 0.1) is 16.7 Å². The van der Waals surface area contributed by atoms with Gasteiger partial charge in [-0.05, 0) is 29.6 Å². The fourth-order valence-electron chi connectivity index (χ4n) is 3.12. The van der Waals surface area contributed by atoms with Gasteiger partial charge in [0.2, 0.25) is 0 Å². The van der Waals surface area contributed by atoms with Crippen molar-refractivity contribution in [1.29, 1.82) is 0 Å². The third-order valence-corrected chi connectivity index (χ3v) is 4.68. The number of hydrogen-bond acceptors (Lipinski definition) is 1. The maximum Gasteiger partial charge on any atom is 0.133 e. The quantitative estimate of drug-likeness (QED) is 0.541. The second-order valence-electron chi connectivity index (χ2n) is 5.44. The normalized spacial score (nSPS) is 44.9. The van der Waals surface area contributed by atoms with Crippen LogP contribution in [0.1, 0.15) is 46.5 Å². The Labute approximate surface area is 74.5 Å². The Morgan fingerprint density at radius 3 is 2.58 bits per heavy atom. The van der Waals surface area contributed by atoms with E-state index < -0.39 is 0 Å². The maximum atomic E-state index is 11.4. The van der Waals surface area contributed by atoms with Crippen LogP contribution in [0.3, 0.4) is 0 Å². The van der Waals surface area contributed by atoms with E-state index in [1.54, 1.807) is 0 Å². The monoisotopic (exact) mass is 166 g/mol. The summed E-state index contributed by atoms with van der Waals surface area (Å²) >= 11 is 0. The highest BCUT2D eigenvalue weighted by Crippen LogP contribution is 2.61. The van der Waals surface area contributed by atoms with Crippen LogP contribution in [-0.2, 0) is 4.79 Å². The lowest BCUT2D eigenvalue weighted by atomic mass is 9.59. The molecule has 2 atom stereocenters. The van der Waals surface area contributed by atoms with E-state index in [4.69, 9.17) is 0 Å². The molecule has 1 heteroatoms. The number of rotatable bonds is 0. The predicted molar refractivity (Wildman–Crippen MR) is 48.9 cm³/mol. The molecule has 0 aromatic rings. The Bertz CT molecular complexity index is 229. The van der Waals surface area contributed by atoms with Crippen LogP contribution in [0.4, 0.5) is 0 Å². The molecule has 2 aliphatic rings. The first-order chi connectivity index (χ1) is 5.46. The van der Waals surface area contributed by atoms with Gasteiger partial charge >= 0.3 is 0 Å². The van der Waals surface area contributed by atoms with Gasteiger partial charge in [0.15, 0.2) is 0 Å². The average molecular weight is 166 g/mol. The smallest absolute Gasteiger partial charge is 0.133 e. The lowest BCUT2D eigenvalue weighted by Crippen LogP contribution is -2.41. The molecule has 0 heterocycles. The molecule has 0 saturated heterocycles. The second-order valence-corrected chi connectivity index (χ2v) is 5.44. The molecule has 2 aliphatic carbocycles. The molecule has 2 rings (SSSR count). The maximum absolute atomic E-state index is 11.4. The second kappa shape index (κ2) is 2.12. The van der Waals surface area contributed by atoms with Gasteiger partial charge < -0.3 is 0 Å². The van der Waals surface area contributed by atoms with Gasteiger partial charge in [0.25, 0.3) is 0 Å². The molecular weight excluding hydrogens is 148 g/mol. The van der Waals surface area contributed by atoms with Crippen LogP contribution in [0.5, 0.6) is 0 Å². The summed E-state index contributed by atoms with van der Waals surface area (Å²) in [7, 11) is 0. The van der Waals surface area contributed by atoms with Gasteiger partial charge in [0.05, 0.1) is 0 Å². The zero-order chi connectivity index (χ0) is 8.98. The molecule has 2 saturated carbocycles. The first kappa shape index (κ1) is 8.28. The van der Waals surface area contributed by atoms with E-state index in [2.05, 4.69) is 20.8 Å². The van der Waals surface area contributed by atoms with Gasteiger partial charge in [0, 0.05) is 12.8 Å². The summed E-state index contributed by atoms with van der Waals surface area (Å²) in [6.07, 6.45) is 4.21. The molecule has 2 bridgehead atoms. The molecule has 12 heavy (non-hydrogen) atoms. The van der Waals surface area contributed by atoms with Gasteiger partial charge in [-0.1, -0.05) is 20.8 Å². The lowest BCUT2D eigenvalue weighted by molar-refractivity contribution is -0.129. The van der Waals surface area contributed by atoms with Gasteiger partial charge in [-0.3, -0.25) is 4.79 Å². The highest BCUT2D eigenvalue weighted by atomic mass is 16.1. The topological polar surface area (TPSA) is 17.1 Å². The van der Waals surface area contributed by atoms with Crippen molar-refractivity contribution in [3.8, 4) is 0 Å². The first-order valence-electron chi connectivity index (χ1n) is 4.97. The predicted octanol–water partition coefficient (Wildman–Crippen LogP) is 2.79. The van der Waals surface area contributed by atoms with E-state index >= 15 is 0 Å². The van der Waals surface area contributed by atoms with E-state index in [0.29, 0.717) is 22.5 Å². The van der Waals surface area contributed by atoms with Gasteiger partial charge in [-0.15, -0.1) is 0 Å². The zero-order valence-corrected chi connectivity index (χ0v) is 8.31. The van der Waals surface area contributed by atoms with Crippen molar-refractivity contribution in [3.05, 3.63) is 0 Å². The summed E-state index contributed by atoms with van der Waals surface area (Å²) in [5.41, 5.74) is 0.716. The Balaban J connectivity index is 2.37. The summed E-state index contributed by atoms with van der Waals surface area (Å²) in [4.78, 5) is 11.4. The molecule has 2 fully saturated rings. The highest BCUT2D eigenvalue weighted by molar-refractivity contribution is 5.81. The minimum absolute atomic E-state index is 0.312. The van der Waals surface area contributed by atoms with Crippen LogP contribution in [0.2, 0.25) is 0 Å². The summed E-state index contributed by atoms with van der Waals surface area (Å²) in [5.74, 6) is 1.17. The Morgan fingerprint density at radius 1 is 1.33 bits per heavy atom. The molecule has 0 N–H and O–H groups in total. The van der Waals surface area contributed by atoms with E-state index in [1.165, 1.54) is 12.8 Å². The highest BCUT2D eigenvalue weighted by Gasteiger charge is 2.55. The molecule has 1 nitrogen and oxygen atoms in total. The van der Waals surface area contributed by atoms with Crippen molar-refractivity contribution in [2.75, 3.05) is 0 Å². The number of Topliss-reactive ketones (excluding diaryl/α,β-unsaturated/α-hetero) is 1. The Hall–Kier alpha value is -0.330. The first-order valence-corrected chi connectivity index (χ1v) is 4.97.